The second kappa shape index (κ2) is 4.88. The van der Waals surface area contributed by atoms with Gasteiger partial charge >= 0.3 is 0 Å². The molecular formula is C17H18N2. The van der Waals surface area contributed by atoms with Crippen molar-refractivity contribution in [2.45, 2.75) is 26.7 Å². The van der Waals surface area contributed by atoms with E-state index in [-0.39, 0.29) is 0 Å². The first-order chi connectivity index (χ1) is 9.29. The zero-order valence-electron chi connectivity index (χ0n) is 11.4. The van der Waals surface area contributed by atoms with E-state index in [0.29, 0.717) is 0 Å². The summed E-state index contributed by atoms with van der Waals surface area (Å²) in [6.45, 7) is 4.31. The molecule has 0 N–H and O–H groups in total. The summed E-state index contributed by atoms with van der Waals surface area (Å²) in [6.07, 6.45) is 2.11. The Morgan fingerprint density at radius 3 is 2.47 bits per heavy atom. The second-order valence-corrected chi connectivity index (χ2v) is 4.94. The molecule has 0 aliphatic carbocycles. The summed E-state index contributed by atoms with van der Waals surface area (Å²) in [5.74, 6) is 1.15. The highest BCUT2D eigenvalue weighted by Gasteiger charge is 2.10. The Morgan fingerprint density at radius 1 is 1.00 bits per heavy atom. The van der Waals surface area contributed by atoms with Gasteiger partial charge in [0.25, 0.3) is 0 Å². The van der Waals surface area contributed by atoms with Gasteiger partial charge in [-0.3, -0.25) is 4.57 Å². The van der Waals surface area contributed by atoms with Gasteiger partial charge in [-0.15, -0.1) is 0 Å². The van der Waals surface area contributed by atoms with E-state index in [1.54, 1.807) is 0 Å². The molecule has 2 nitrogen and oxygen atoms in total. The molecule has 0 aliphatic heterocycles. The number of imidazole rings is 1. The maximum atomic E-state index is 4.76. The van der Waals surface area contributed by atoms with Crippen molar-refractivity contribution in [1.29, 1.82) is 0 Å². The minimum atomic E-state index is 1.00. The summed E-state index contributed by atoms with van der Waals surface area (Å²) >= 11 is 0. The van der Waals surface area contributed by atoms with Crippen LogP contribution in [0.2, 0.25) is 0 Å². The third-order valence-corrected chi connectivity index (χ3v) is 3.40. The van der Waals surface area contributed by atoms with Gasteiger partial charge in [0.15, 0.2) is 0 Å². The van der Waals surface area contributed by atoms with Gasteiger partial charge in [-0.25, -0.2) is 4.98 Å². The molecule has 0 amide bonds. The van der Waals surface area contributed by atoms with Gasteiger partial charge < -0.3 is 0 Å². The summed E-state index contributed by atoms with van der Waals surface area (Å²) in [6, 6.07) is 17.0. The highest BCUT2D eigenvalue weighted by atomic mass is 15.1. The number of rotatable bonds is 3. The Bertz CT molecular complexity index is 693. The van der Waals surface area contributed by atoms with Crippen LogP contribution in [0.5, 0.6) is 0 Å². The lowest BCUT2D eigenvalue weighted by Gasteiger charge is -2.09. The van der Waals surface area contributed by atoms with Gasteiger partial charge in [0.1, 0.15) is 5.82 Å². The van der Waals surface area contributed by atoms with E-state index in [1.165, 1.54) is 16.8 Å². The highest BCUT2D eigenvalue weighted by Crippen LogP contribution is 2.22. The normalized spacial score (nSPS) is 11.1. The van der Waals surface area contributed by atoms with Crippen molar-refractivity contribution in [2.24, 2.45) is 0 Å². The minimum Gasteiger partial charge on any atom is -0.296 e. The van der Waals surface area contributed by atoms with Gasteiger partial charge in [0, 0.05) is 12.1 Å². The number of aromatic nitrogens is 2. The molecule has 0 spiro atoms. The maximum absolute atomic E-state index is 4.76. The third kappa shape index (κ3) is 2.14. The van der Waals surface area contributed by atoms with Gasteiger partial charge in [-0.1, -0.05) is 36.8 Å². The SMILES string of the molecule is CCCc1nc2ccccc2n1-c1ccc(C)cc1. The van der Waals surface area contributed by atoms with Crippen LogP contribution < -0.4 is 0 Å². The molecule has 1 heterocycles. The molecule has 0 bridgehead atoms. The monoisotopic (exact) mass is 250 g/mol. The standard InChI is InChI=1S/C17H18N2/c1-3-6-17-18-15-7-4-5-8-16(15)19(17)14-11-9-13(2)10-12-14/h4-5,7-12H,3,6H2,1-2H3. The second-order valence-electron chi connectivity index (χ2n) is 4.94. The van der Waals surface area contributed by atoms with E-state index in [0.717, 1.165) is 24.2 Å². The first-order valence-electron chi connectivity index (χ1n) is 6.83. The van der Waals surface area contributed by atoms with Crippen LogP contribution in [0, 0.1) is 6.92 Å². The molecule has 1 aromatic heterocycles. The molecule has 3 rings (SSSR count). The zero-order valence-corrected chi connectivity index (χ0v) is 11.4. The number of benzene rings is 2. The van der Waals surface area contributed by atoms with E-state index < -0.39 is 0 Å². The molecule has 3 aromatic rings. The summed E-state index contributed by atoms with van der Waals surface area (Å²) in [4.78, 5) is 4.76. The smallest absolute Gasteiger partial charge is 0.114 e. The fourth-order valence-electron chi connectivity index (χ4n) is 2.45. The summed E-state index contributed by atoms with van der Waals surface area (Å²) < 4.78 is 2.28. The molecular weight excluding hydrogens is 232 g/mol. The molecule has 2 aromatic carbocycles. The Kier molecular flexibility index (Phi) is 3.08. The van der Waals surface area contributed by atoms with Crippen LogP contribution >= 0.6 is 0 Å². The number of aryl methyl sites for hydroxylation is 2. The number of para-hydroxylation sites is 2. The predicted molar refractivity (Wildman–Crippen MR) is 79.8 cm³/mol. The zero-order chi connectivity index (χ0) is 13.2. The quantitative estimate of drug-likeness (QED) is 0.678. The predicted octanol–water partition coefficient (Wildman–Crippen LogP) is 4.29. The first-order valence-corrected chi connectivity index (χ1v) is 6.83. The Morgan fingerprint density at radius 2 is 1.74 bits per heavy atom. The summed E-state index contributed by atoms with van der Waals surface area (Å²) in [5, 5.41) is 0. The third-order valence-electron chi connectivity index (χ3n) is 3.40. The van der Waals surface area contributed by atoms with Gasteiger partial charge in [-0.2, -0.15) is 0 Å². The minimum absolute atomic E-state index is 1.00. The molecule has 19 heavy (non-hydrogen) atoms. The molecule has 96 valence electrons. The summed E-state index contributed by atoms with van der Waals surface area (Å²) in [7, 11) is 0. The Hall–Kier alpha value is -2.09. The number of hydrogen-bond donors (Lipinski definition) is 0. The lowest BCUT2D eigenvalue weighted by molar-refractivity contribution is 0.818. The van der Waals surface area contributed by atoms with Crippen LogP contribution in [0.1, 0.15) is 24.7 Å². The fourth-order valence-corrected chi connectivity index (χ4v) is 2.45. The number of hydrogen-bond acceptors (Lipinski definition) is 1. The van der Waals surface area contributed by atoms with Crippen LogP contribution in [-0.2, 0) is 6.42 Å². The van der Waals surface area contributed by atoms with Crippen molar-refractivity contribution >= 4 is 11.0 Å². The number of nitrogens with zero attached hydrogens (tertiary/aromatic N) is 2. The molecule has 2 heteroatoms. The molecule has 0 aliphatic rings. The van der Waals surface area contributed by atoms with E-state index >= 15 is 0 Å². The van der Waals surface area contributed by atoms with Crippen LogP contribution in [0.4, 0.5) is 0 Å². The van der Waals surface area contributed by atoms with E-state index in [1.807, 2.05) is 6.07 Å². The van der Waals surface area contributed by atoms with Crippen molar-refractivity contribution in [2.75, 3.05) is 0 Å². The Labute approximate surface area is 113 Å². The van der Waals surface area contributed by atoms with Crippen LogP contribution in [0.25, 0.3) is 16.7 Å². The molecule has 0 radical (unpaired) electrons. The topological polar surface area (TPSA) is 17.8 Å². The molecule has 0 fully saturated rings. The number of fused-ring (bicyclic) bond motifs is 1. The van der Waals surface area contributed by atoms with E-state index in [2.05, 4.69) is 60.9 Å². The van der Waals surface area contributed by atoms with Gasteiger partial charge in [0.2, 0.25) is 0 Å². The van der Waals surface area contributed by atoms with Gasteiger partial charge in [0.05, 0.1) is 11.0 Å². The maximum Gasteiger partial charge on any atom is 0.114 e. The molecule has 0 saturated carbocycles. The lowest BCUT2D eigenvalue weighted by Crippen LogP contribution is -2.00. The first kappa shape index (κ1) is 12.0. The van der Waals surface area contributed by atoms with Gasteiger partial charge in [-0.05, 0) is 37.6 Å². The van der Waals surface area contributed by atoms with Crippen LogP contribution in [-0.4, -0.2) is 9.55 Å². The Balaban J connectivity index is 2.24. The van der Waals surface area contributed by atoms with Crippen molar-refractivity contribution < 1.29 is 0 Å². The van der Waals surface area contributed by atoms with E-state index in [9.17, 15) is 0 Å². The van der Waals surface area contributed by atoms with Crippen molar-refractivity contribution in [3.05, 3.63) is 59.9 Å². The van der Waals surface area contributed by atoms with Crippen LogP contribution in [0.15, 0.2) is 48.5 Å². The average molecular weight is 250 g/mol. The molecule has 0 unspecified atom stereocenters. The van der Waals surface area contributed by atoms with Crippen LogP contribution in [0.3, 0.4) is 0 Å². The average Bonchev–Trinajstić information content (AvgIpc) is 2.78. The summed E-state index contributed by atoms with van der Waals surface area (Å²) in [5.41, 5.74) is 4.74. The van der Waals surface area contributed by atoms with Crippen molar-refractivity contribution in [3.63, 3.8) is 0 Å². The van der Waals surface area contributed by atoms with Crippen molar-refractivity contribution in [3.8, 4) is 5.69 Å². The van der Waals surface area contributed by atoms with Crippen molar-refractivity contribution in [1.82, 2.24) is 9.55 Å². The van der Waals surface area contributed by atoms with E-state index in [4.69, 9.17) is 4.98 Å². The molecule has 0 atom stereocenters. The highest BCUT2D eigenvalue weighted by molar-refractivity contribution is 5.78. The largest absolute Gasteiger partial charge is 0.296 e. The fraction of sp³-hybridized carbons (Fsp3) is 0.235. The molecule has 0 saturated heterocycles. The lowest BCUT2D eigenvalue weighted by atomic mass is 10.2.